The van der Waals surface area contributed by atoms with Crippen molar-refractivity contribution < 1.29 is 9.13 Å². The van der Waals surface area contributed by atoms with Crippen molar-refractivity contribution in [3.05, 3.63) is 64.9 Å². The summed E-state index contributed by atoms with van der Waals surface area (Å²) in [6.45, 7) is 7.54. The number of nitrogens with zero attached hydrogens (tertiary/aromatic N) is 4. The van der Waals surface area contributed by atoms with Gasteiger partial charge in [-0.1, -0.05) is 30.7 Å². The molecule has 1 atom stereocenters. The lowest BCUT2D eigenvalue weighted by molar-refractivity contribution is 0.00670. The Kier molecular flexibility index (Phi) is 6.50. The number of benzene rings is 1. The van der Waals surface area contributed by atoms with Crippen LogP contribution in [0.1, 0.15) is 56.1 Å². The van der Waals surface area contributed by atoms with E-state index in [1.54, 1.807) is 18.3 Å². The molecule has 3 aromatic rings. The van der Waals surface area contributed by atoms with Gasteiger partial charge in [0, 0.05) is 30.3 Å². The second kappa shape index (κ2) is 9.48. The van der Waals surface area contributed by atoms with Gasteiger partial charge in [-0.05, 0) is 32.4 Å². The molecular formula is C24H29FN6O. The minimum atomic E-state index is -0.236. The van der Waals surface area contributed by atoms with Gasteiger partial charge in [-0.25, -0.2) is 14.4 Å². The molecule has 1 unspecified atom stereocenters. The van der Waals surface area contributed by atoms with Crippen LogP contribution in [0.15, 0.2) is 42.1 Å². The molecule has 1 saturated heterocycles. The van der Waals surface area contributed by atoms with Gasteiger partial charge in [-0.3, -0.25) is 5.10 Å². The molecule has 8 heteroatoms. The fourth-order valence-corrected chi connectivity index (χ4v) is 3.51. The van der Waals surface area contributed by atoms with Gasteiger partial charge >= 0.3 is 0 Å². The molecule has 3 heterocycles. The first-order valence-electron chi connectivity index (χ1n) is 10.9. The lowest BCUT2D eigenvalue weighted by atomic mass is 10.0. The summed E-state index contributed by atoms with van der Waals surface area (Å²) >= 11 is 0. The lowest BCUT2D eigenvalue weighted by Crippen LogP contribution is -2.25. The van der Waals surface area contributed by atoms with Crippen molar-refractivity contribution in [3.8, 4) is 0 Å². The standard InChI is InChI=1S/C24H29FN6O/c1-5-15(2)10-21-24(31(4)16(3)18-8-6-7-9-19(18)25)28-23(12-26-21)27-22-11-20(29-30-22)17-13-32-14-17/h6-12,16-17H,5,13-14H2,1-4H3,(H2,27,28,29,30)/b15-10-. The molecule has 0 saturated carbocycles. The third-order valence-corrected chi connectivity index (χ3v) is 5.92. The topological polar surface area (TPSA) is 79.0 Å². The van der Waals surface area contributed by atoms with Crippen LogP contribution in [0.3, 0.4) is 0 Å². The molecule has 4 rings (SSSR count). The minimum Gasteiger partial charge on any atom is -0.380 e. The summed E-state index contributed by atoms with van der Waals surface area (Å²) in [5.74, 6) is 2.03. The maximum absolute atomic E-state index is 14.4. The number of ether oxygens (including phenoxy) is 1. The van der Waals surface area contributed by atoms with Gasteiger partial charge in [0.2, 0.25) is 0 Å². The maximum atomic E-state index is 14.4. The Hall–Kier alpha value is -3.26. The van der Waals surface area contributed by atoms with Crippen LogP contribution >= 0.6 is 0 Å². The first kappa shape index (κ1) is 22.0. The molecule has 2 aromatic heterocycles. The molecule has 0 radical (unpaired) electrons. The highest BCUT2D eigenvalue weighted by atomic mass is 19.1. The Morgan fingerprint density at radius 2 is 2.12 bits per heavy atom. The van der Waals surface area contributed by atoms with Gasteiger partial charge in [0.25, 0.3) is 0 Å². The van der Waals surface area contributed by atoms with E-state index in [4.69, 9.17) is 9.72 Å². The van der Waals surface area contributed by atoms with Crippen LogP contribution in [0, 0.1) is 5.82 Å². The molecule has 0 aliphatic carbocycles. The first-order valence-corrected chi connectivity index (χ1v) is 10.9. The minimum absolute atomic E-state index is 0.231. The van der Waals surface area contributed by atoms with E-state index in [1.807, 2.05) is 37.1 Å². The number of H-pyrrole nitrogens is 1. The number of rotatable bonds is 8. The zero-order chi connectivity index (χ0) is 22.7. The van der Waals surface area contributed by atoms with Crippen molar-refractivity contribution in [2.45, 2.75) is 39.2 Å². The number of hydrogen-bond acceptors (Lipinski definition) is 6. The van der Waals surface area contributed by atoms with E-state index in [0.717, 1.165) is 17.8 Å². The molecular weight excluding hydrogens is 407 g/mol. The van der Waals surface area contributed by atoms with Crippen LogP contribution in [0.2, 0.25) is 0 Å². The van der Waals surface area contributed by atoms with Crippen LogP contribution in [0.5, 0.6) is 0 Å². The van der Waals surface area contributed by atoms with Crippen LogP contribution in [-0.2, 0) is 4.74 Å². The van der Waals surface area contributed by atoms with Crippen molar-refractivity contribution in [2.24, 2.45) is 0 Å². The first-order chi connectivity index (χ1) is 15.5. The van der Waals surface area contributed by atoms with Gasteiger partial charge in [0.1, 0.15) is 11.5 Å². The van der Waals surface area contributed by atoms with Gasteiger partial charge in [0.05, 0.1) is 25.5 Å². The summed E-state index contributed by atoms with van der Waals surface area (Å²) in [7, 11) is 1.91. The quantitative estimate of drug-likeness (QED) is 0.505. The molecule has 32 heavy (non-hydrogen) atoms. The van der Waals surface area contributed by atoms with E-state index in [-0.39, 0.29) is 11.9 Å². The highest BCUT2D eigenvalue weighted by Gasteiger charge is 2.23. The number of allylic oxidation sites excluding steroid dienone is 1. The Labute approximate surface area is 187 Å². The molecule has 168 valence electrons. The number of halogens is 1. The van der Waals surface area contributed by atoms with E-state index < -0.39 is 0 Å². The van der Waals surface area contributed by atoms with Crippen molar-refractivity contribution >= 4 is 23.5 Å². The van der Waals surface area contributed by atoms with E-state index in [9.17, 15) is 4.39 Å². The van der Waals surface area contributed by atoms with Crippen molar-refractivity contribution in [3.63, 3.8) is 0 Å². The Morgan fingerprint density at radius 1 is 1.34 bits per heavy atom. The van der Waals surface area contributed by atoms with Crippen molar-refractivity contribution in [1.82, 2.24) is 20.2 Å². The number of anilines is 3. The van der Waals surface area contributed by atoms with Gasteiger partial charge in [-0.2, -0.15) is 5.10 Å². The molecule has 0 spiro atoms. The summed E-state index contributed by atoms with van der Waals surface area (Å²) in [6, 6.07) is 8.56. The summed E-state index contributed by atoms with van der Waals surface area (Å²) in [5.41, 5.74) is 3.58. The van der Waals surface area contributed by atoms with E-state index >= 15 is 0 Å². The Balaban J connectivity index is 1.64. The van der Waals surface area contributed by atoms with E-state index in [2.05, 4.69) is 34.3 Å². The Bertz CT molecular complexity index is 1110. The molecule has 1 aliphatic rings. The smallest absolute Gasteiger partial charge is 0.157 e. The molecule has 2 N–H and O–H groups in total. The van der Waals surface area contributed by atoms with Crippen LogP contribution in [0.4, 0.5) is 21.8 Å². The van der Waals surface area contributed by atoms with E-state index in [0.29, 0.717) is 42.1 Å². The normalized spacial score (nSPS) is 15.3. The molecule has 1 aliphatic heterocycles. The summed E-state index contributed by atoms with van der Waals surface area (Å²) in [6.07, 6.45) is 4.63. The predicted octanol–water partition coefficient (Wildman–Crippen LogP) is 5.21. The lowest BCUT2D eigenvalue weighted by Gasteiger charge is -2.28. The maximum Gasteiger partial charge on any atom is 0.157 e. The van der Waals surface area contributed by atoms with Crippen molar-refractivity contribution in [1.29, 1.82) is 0 Å². The zero-order valence-corrected chi connectivity index (χ0v) is 18.9. The monoisotopic (exact) mass is 436 g/mol. The third-order valence-electron chi connectivity index (χ3n) is 5.92. The molecule has 0 bridgehead atoms. The summed E-state index contributed by atoms with van der Waals surface area (Å²) < 4.78 is 19.7. The Morgan fingerprint density at radius 3 is 2.81 bits per heavy atom. The van der Waals surface area contributed by atoms with Crippen molar-refractivity contribution in [2.75, 3.05) is 30.5 Å². The second-order valence-corrected chi connectivity index (χ2v) is 8.18. The third kappa shape index (κ3) is 4.65. The summed E-state index contributed by atoms with van der Waals surface area (Å²) in [5, 5.41) is 10.6. The number of hydrogen-bond donors (Lipinski definition) is 2. The van der Waals surface area contributed by atoms with Gasteiger partial charge in [-0.15, -0.1) is 0 Å². The van der Waals surface area contributed by atoms with Gasteiger partial charge < -0.3 is 15.0 Å². The molecule has 1 fully saturated rings. The number of aromatic nitrogens is 4. The largest absolute Gasteiger partial charge is 0.380 e. The van der Waals surface area contributed by atoms with Crippen LogP contribution in [-0.4, -0.2) is 40.4 Å². The fraction of sp³-hybridized carbons (Fsp3) is 0.375. The molecule has 7 nitrogen and oxygen atoms in total. The average molecular weight is 437 g/mol. The zero-order valence-electron chi connectivity index (χ0n) is 18.9. The second-order valence-electron chi connectivity index (χ2n) is 8.18. The summed E-state index contributed by atoms with van der Waals surface area (Å²) in [4.78, 5) is 11.4. The molecule has 0 amide bonds. The van der Waals surface area contributed by atoms with E-state index in [1.165, 1.54) is 11.6 Å². The SMILES string of the molecule is CC/C(C)=C\c1ncc(Nc2cc(C3COC3)[nH]n2)nc1N(C)C(C)c1ccccc1F. The van der Waals surface area contributed by atoms with Crippen LogP contribution in [0.25, 0.3) is 6.08 Å². The number of aromatic amines is 1. The highest BCUT2D eigenvalue weighted by molar-refractivity contribution is 5.65. The molecule has 1 aromatic carbocycles. The highest BCUT2D eigenvalue weighted by Crippen LogP contribution is 2.30. The number of nitrogens with one attached hydrogen (secondary N) is 2. The van der Waals surface area contributed by atoms with Gasteiger partial charge in [0.15, 0.2) is 17.5 Å². The predicted molar refractivity (Wildman–Crippen MR) is 125 cm³/mol. The fourth-order valence-electron chi connectivity index (χ4n) is 3.51. The van der Waals surface area contributed by atoms with Crippen LogP contribution < -0.4 is 10.2 Å². The average Bonchev–Trinajstić information content (AvgIpc) is 3.20.